The van der Waals surface area contributed by atoms with E-state index in [0.29, 0.717) is 11.8 Å². The van der Waals surface area contributed by atoms with Crippen molar-refractivity contribution in [3.63, 3.8) is 0 Å². The van der Waals surface area contributed by atoms with Gasteiger partial charge in [0.15, 0.2) is 5.84 Å². The summed E-state index contributed by atoms with van der Waals surface area (Å²) in [5, 5.41) is 1.24. The molecular formula is C5H3F6N3S. The molecule has 0 aliphatic carbocycles. The molecular weight excluding hydrogens is 248 g/mol. The summed E-state index contributed by atoms with van der Waals surface area (Å²) in [5.74, 6) is -1.02. The topological polar surface area (TPSA) is 36.8 Å². The largest absolute Gasteiger partial charge is 0.505 e. The maximum atomic E-state index is 11.7. The highest BCUT2D eigenvalue weighted by Gasteiger charge is 2.34. The van der Waals surface area contributed by atoms with E-state index in [1.54, 1.807) is 0 Å². The zero-order valence-corrected chi connectivity index (χ0v) is 7.59. The van der Waals surface area contributed by atoms with Crippen LogP contribution in [-0.2, 0) is 0 Å². The molecule has 1 fully saturated rings. The molecule has 15 heavy (non-hydrogen) atoms. The Hall–Kier alpha value is -0.930. The van der Waals surface area contributed by atoms with Crippen LogP contribution in [0.1, 0.15) is 0 Å². The summed E-state index contributed by atoms with van der Waals surface area (Å²) < 4.78 is 70.5. The van der Waals surface area contributed by atoms with Crippen LogP contribution in [0.5, 0.6) is 0 Å². The molecule has 0 radical (unpaired) electrons. The number of alkyl halides is 6. The lowest BCUT2D eigenvalue weighted by Crippen LogP contribution is -2.25. The lowest BCUT2D eigenvalue weighted by Gasteiger charge is -2.03. The molecule has 1 aliphatic rings. The van der Waals surface area contributed by atoms with E-state index in [9.17, 15) is 26.3 Å². The van der Waals surface area contributed by atoms with Crippen LogP contribution in [0.4, 0.5) is 26.3 Å². The van der Waals surface area contributed by atoms with Crippen LogP contribution in [0.3, 0.4) is 0 Å². The SMILES string of the molecule is FC(F)(F)/N=C1\SCN\C1=N\C(F)(F)F. The highest BCUT2D eigenvalue weighted by molar-refractivity contribution is 8.16. The summed E-state index contributed by atoms with van der Waals surface area (Å²) in [6.45, 7) is 0. The third-order valence-corrected chi connectivity index (χ3v) is 1.96. The van der Waals surface area contributed by atoms with Crippen LogP contribution >= 0.6 is 11.8 Å². The van der Waals surface area contributed by atoms with Crippen molar-refractivity contribution < 1.29 is 26.3 Å². The standard InChI is InChI=1S/C5H3F6N3S/c6-4(7,8)13-2-3(15-1-12-2)14-5(9,10)11/h1H2,(H,12,13)/b14-3-. The number of rotatable bonds is 0. The molecule has 1 heterocycles. The Kier molecular flexibility index (Phi) is 3.16. The Morgan fingerprint density at radius 2 is 1.53 bits per heavy atom. The van der Waals surface area contributed by atoms with Gasteiger partial charge in [0.1, 0.15) is 5.04 Å². The average Bonchev–Trinajstić information content (AvgIpc) is 2.29. The van der Waals surface area contributed by atoms with E-state index < -0.39 is 23.5 Å². The molecule has 1 N–H and O–H groups in total. The average molecular weight is 251 g/mol. The summed E-state index contributed by atoms with van der Waals surface area (Å²) in [6, 6.07) is 0. The molecule has 1 rings (SSSR count). The van der Waals surface area contributed by atoms with Crippen LogP contribution in [0.2, 0.25) is 0 Å². The van der Waals surface area contributed by atoms with Gasteiger partial charge in [-0.3, -0.25) is 0 Å². The first kappa shape index (κ1) is 12.1. The van der Waals surface area contributed by atoms with Crippen molar-refractivity contribution in [2.24, 2.45) is 9.98 Å². The molecule has 0 aromatic rings. The van der Waals surface area contributed by atoms with Crippen LogP contribution in [0.15, 0.2) is 9.98 Å². The van der Waals surface area contributed by atoms with Crippen molar-refractivity contribution >= 4 is 22.6 Å². The highest BCUT2D eigenvalue weighted by Crippen LogP contribution is 2.24. The Labute approximate surface area is 83.7 Å². The van der Waals surface area contributed by atoms with Crippen molar-refractivity contribution in [2.75, 3.05) is 5.88 Å². The van der Waals surface area contributed by atoms with E-state index >= 15 is 0 Å². The van der Waals surface area contributed by atoms with Gasteiger partial charge in [-0.15, -0.1) is 26.3 Å². The molecule has 3 nitrogen and oxygen atoms in total. The maximum absolute atomic E-state index is 11.7. The maximum Gasteiger partial charge on any atom is 0.505 e. The summed E-state index contributed by atoms with van der Waals surface area (Å²) in [4.78, 5) is 4.29. The number of nitrogens with one attached hydrogen (secondary N) is 1. The van der Waals surface area contributed by atoms with E-state index in [1.165, 1.54) is 0 Å². The normalized spacial score (nSPS) is 23.6. The monoisotopic (exact) mass is 251 g/mol. The van der Waals surface area contributed by atoms with Crippen LogP contribution in [0.25, 0.3) is 0 Å². The Morgan fingerprint density at radius 3 is 2.00 bits per heavy atom. The van der Waals surface area contributed by atoms with Gasteiger partial charge < -0.3 is 5.32 Å². The number of nitrogens with zero attached hydrogens (tertiary/aromatic N) is 2. The number of thioether (sulfide) groups is 1. The second kappa shape index (κ2) is 3.91. The van der Waals surface area contributed by atoms with Crippen molar-refractivity contribution in [1.82, 2.24) is 5.32 Å². The summed E-state index contributed by atoms with van der Waals surface area (Å²) in [7, 11) is 0. The van der Waals surface area contributed by atoms with Gasteiger partial charge in [0, 0.05) is 0 Å². The minimum Gasteiger partial charge on any atom is -0.358 e. The van der Waals surface area contributed by atoms with Crippen LogP contribution < -0.4 is 5.32 Å². The van der Waals surface area contributed by atoms with Gasteiger partial charge in [-0.25, -0.2) is 0 Å². The molecule has 0 spiro atoms. The lowest BCUT2D eigenvalue weighted by molar-refractivity contribution is -0.121. The molecule has 0 unspecified atom stereocenters. The number of hydrogen-bond donors (Lipinski definition) is 1. The molecule has 0 amide bonds. The molecule has 10 heteroatoms. The minimum atomic E-state index is -4.92. The smallest absolute Gasteiger partial charge is 0.358 e. The van der Waals surface area contributed by atoms with Crippen LogP contribution in [-0.4, -0.2) is 29.4 Å². The zero-order chi connectivity index (χ0) is 11.7. The molecule has 1 aliphatic heterocycles. The fourth-order valence-corrected chi connectivity index (χ4v) is 1.50. The van der Waals surface area contributed by atoms with Crippen molar-refractivity contribution in [1.29, 1.82) is 0 Å². The molecule has 0 saturated carbocycles. The van der Waals surface area contributed by atoms with E-state index in [2.05, 4.69) is 9.98 Å². The van der Waals surface area contributed by atoms with Gasteiger partial charge in [-0.1, -0.05) is 11.8 Å². The van der Waals surface area contributed by atoms with E-state index in [-0.39, 0.29) is 5.88 Å². The Morgan fingerprint density at radius 1 is 1.00 bits per heavy atom. The number of hydrogen-bond acceptors (Lipinski definition) is 3. The number of amidine groups is 1. The highest BCUT2D eigenvalue weighted by atomic mass is 32.2. The lowest BCUT2D eigenvalue weighted by atomic mass is 10.6. The van der Waals surface area contributed by atoms with Gasteiger partial charge in [-0.05, 0) is 0 Å². The molecule has 86 valence electrons. The van der Waals surface area contributed by atoms with E-state index in [1.807, 2.05) is 5.32 Å². The third kappa shape index (κ3) is 4.40. The van der Waals surface area contributed by atoms with Gasteiger partial charge in [0.25, 0.3) is 0 Å². The molecule has 0 aromatic carbocycles. The second-order valence-electron chi connectivity index (χ2n) is 2.28. The fraction of sp³-hybridized carbons (Fsp3) is 0.600. The predicted octanol–water partition coefficient (Wildman–Crippen LogP) is 2.12. The third-order valence-electron chi connectivity index (χ3n) is 1.12. The fourth-order valence-electron chi connectivity index (χ4n) is 0.731. The van der Waals surface area contributed by atoms with Crippen molar-refractivity contribution in [3.05, 3.63) is 0 Å². The van der Waals surface area contributed by atoms with Crippen molar-refractivity contribution in [3.8, 4) is 0 Å². The number of aliphatic imine (C=N–C) groups is 2. The Balaban J connectivity index is 2.92. The van der Waals surface area contributed by atoms with Gasteiger partial charge in [0.05, 0.1) is 5.88 Å². The quantitative estimate of drug-likeness (QED) is 0.529. The molecule has 0 bridgehead atoms. The molecule has 1 saturated heterocycles. The molecule has 0 aromatic heterocycles. The zero-order valence-electron chi connectivity index (χ0n) is 6.78. The van der Waals surface area contributed by atoms with Gasteiger partial charge in [0.2, 0.25) is 0 Å². The first-order valence-electron chi connectivity index (χ1n) is 3.37. The number of halogens is 6. The van der Waals surface area contributed by atoms with E-state index in [4.69, 9.17) is 0 Å². The predicted molar refractivity (Wildman–Crippen MR) is 42.6 cm³/mol. The summed E-state index contributed by atoms with van der Waals surface area (Å²) >= 11 is 0.506. The van der Waals surface area contributed by atoms with Gasteiger partial charge >= 0.3 is 12.6 Å². The summed E-state index contributed by atoms with van der Waals surface area (Å²) in [6.07, 6.45) is -9.82. The van der Waals surface area contributed by atoms with E-state index in [0.717, 1.165) is 0 Å². The first-order valence-corrected chi connectivity index (χ1v) is 4.36. The Bertz CT molecular complexity index is 273. The summed E-state index contributed by atoms with van der Waals surface area (Å²) in [5.41, 5.74) is 0. The second-order valence-corrected chi connectivity index (χ2v) is 3.24. The first-order chi connectivity index (χ1) is 6.67. The van der Waals surface area contributed by atoms with Gasteiger partial charge in [-0.2, -0.15) is 9.98 Å². The van der Waals surface area contributed by atoms with Crippen LogP contribution in [0, 0.1) is 0 Å². The van der Waals surface area contributed by atoms with Crippen molar-refractivity contribution in [2.45, 2.75) is 12.6 Å². The minimum absolute atomic E-state index is 0.121. The molecule has 0 atom stereocenters.